The highest BCUT2D eigenvalue weighted by molar-refractivity contribution is 7.09. The molecule has 1 atom stereocenters. The maximum Gasteiger partial charge on any atom is 0.312 e. The minimum Gasteiger partial charge on any atom is -0.490 e. The third-order valence-corrected chi connectivity index (χ3v) is 3.60. The summed E-state index contributed by atoms with van der Waals surface area (Å²) >= 11 is 1.54. The Labute approximate surface area is 114 Å². The number of ether oxygens (including phenoxy) is 1. The van der Waals surface area contributed by atoms with Crippen molar-refractivity contribution in [2.45, 2.75) is 13.0 Å². The second-order valence-electron chi connectivity index (χ2n) is 3.91. The number of hydrogen-bond donors (Lipinski definition) is 1. The summed E-state index contributed by atoms with van der Waals surface area (Å²) in [7, 11) is 1.41. The van der Waals surface area contributed by atoms with Crippen molar-refractivity contribution in [3.05, 3.63) is 44.9 Å². The zero-order valence-corrected chi connectivity index (χ0v) is 11.3. The van der Waals surface area contributed by atoms with E-state index in [2.05, 4.69) is 10.3 Å². The predicted molar refractivity (Wildman–Crippen MR) is 73.8 cm³/mol. The smallest absolute Gasteiger partial charge is 0.312 e. The zero-order valence-electron chi connectivity index (χ0n) is 10.5. The van der Waals surface area contributed by atoms with E-state index in [1.807, 2.05) is 6.92 Å². The summed E-state index contributed by atoms with van der Waals surface area (Å²) in [4.78, 5) is 15.6. The van der Waals surface area contributed by atoms with Crippen molar-refractivity contribution < 1.29 is 9.66 Å². The minimum absolute atomic E-state index is 0.0421. The minimum atomic E-state index is -0.457. The fourth-order valence-corrected chi connectivity index (χ4v) is 2.31. The van der Waals surface area contributed by atoms with Gasteiger partial charge < -0.3 is 10.1 Å². The van der Waals surface area contributed by atoms with Gasteiger partial charge in [0.25, 0.3) is 0 Å². The van der Waals surface area contributed by atoms with Gasteiger partial charge in [0, 0.05) is 22.8 Å². The van der Waals surface area contributed by atoms with Gasteiger partial charge in [0.15, 0.2) is 5.75 Å². The van der Waals surface area contributed by atoms with Crippen LogP contribution in [0.1, 0.15) is 17.8 Å². The molecule has 100 valence electrons. The monoisotopic (exact) mass is 279 g/mol. The van der Waals surface area contributed by atoms with Crippen LogP contribution in [-0.4, -0.2) is 17.0 Å². The molecule has 19 heavy (non-hydrogen) atoms. The van der Waals surface area contributed by atoms with E-state index in [1.54, 1.807) is 23.8 Å². The molecular weight excluding hydrogens is 266 g/mol. The molecule has 0 bridgehead atoms. The first-order chi connectivity index (χ1) is 9.11. The van der Waals surface area contributed by atoms with Gasteiger partial charge in [-0.25, -0.2) is 0 Å². The molecule has 0 aliphatic carbocycles. The summed E-state index contributed by atoms with van der Waals surface area (Å²) in [6.07, 6.45) is 1.78. The van der Waals surface area contributed by atoms with E-state index in [0.717, 1.165) is 4.88 Å². The first-order valence-corrected chi connectivity index (χ1v) is 6.47. The van der Waals surface area contributed by atoms with E-state index < -0.39 is 4.92 Å². The number of aromatic nitrogens is 1. The second kappa shape index (κ2) is 5.66. The lowest BCUT2D eigenvalue weighted by Crippen LogP contribution is -2.05. The summed E-state index contributed by atoms with van der Waals surface area (Å²) in [5, 5.41) is 14.1. The lowest BCUT2D eigenvalue weighted by atomic mass is 10.2. The Hall–Kier alpha value is -2.15. The van der Waals surface area contributed by atoms with E-state index in [-0.39, 0.29) is 17.5 Å². The van der Waals surface area contributed by atoms with Crippen molar-refractivity contribution in [1.82, 2.24) is 4.98 Å². The fourth-order valence-electron chi connectivity index (χ4n) is 1.68. The molecule has 2 rings (SSSR count). The predicted octanol–water partition coefficient (Wildman–Crippen LogP) is 3.23. The standard InChI is InChI=1S/C12H13N3O3S/c1-8(12-6-13-7-19-12)14-9-3-4-11(18-2)10(5-9)15(16)17/h3-8,14H,1-2H3. The third kappa shape index (κ3) is 3.00. The van der Waals surface area contributed by atoms with Crippen molar-refractivity contribution >= 4 is 22.7 Å². The summed E-state index contributed by atoms with van der Waals surface area (Å²) in [6, 6.07) is 4.85. The first kappa shape index (κ1) is 13.3. The van der Waals surface area contributed by atoms with Crippen LogP contribution >= 0.6 is 11.3 Å². The molecule has 0 spiro atoms. The number of thiazole rings is 1. The van der Waals surface area contributed by atoms with Crippen LogP contribution in [0.4, 0.5) is 11.4 Å². The number of benzene rings is 1. The molecule has 0 radical (unpaired) electrons. The summed E-state index contributed by atoms with van der Waals surface area (Å²) in [5.74, 6) is 0.251. The van der Waals surface area contributed by atoms with Gasteiger partial charge in [-0.2, -0.15) is 0 Å². The number of nitrogens with zero attached hydrogens (tertiary/aromatic N) is 2. The molecule has 0 saturated heterocycles. The van der Waals surface area contributed by atoms with Crippen LogP contribution in [0.3, 0.4) is 0 Å². The molecular formula is C12H13N3O3S. The summed E-state index contributed by atoms with van der Waals surface area (Å²) < 4.78 is 4.96. The Morgan fingerprint density at radius 3 is 2.89 bits per heavy atom. The lowest BCUT2D eigenvalue weighted by Gasteiger charge is -2.13. The molecule has 1 N–H and O–H groups in total. The van der Waals surface area contributed by atoms with E-state index in [9.17, 15) is 10.1 Å². The van der Waals surface area contributed by atoms with Gasteiger partial charge in [-0.3, -0.25) is 15.1 Å². The van der Waals surface area contributed by atoms with Crippen molar-refractivity contribution in [2.24, 2.45) is 0 Å². The maximum absolute atomic E-state index is 10.9. The van der Waals surface area contributed by atoms with Crippen LogP contribution < -0.4 is 10.1 Å². The van der Waals surface area contributed by atoms with Crippen molar-refractivity contribution in [1.29, 1.82) is 0 Å². The Morgan fingerprint density at radius 1 is 1.53 bits per heavy atom. The number of anilines is 1. The van der Waals surface area contributed by atoms with Gasteiger partial charge in [-0.1, -0.05) is 0 Å². The maximum atomic E-state index is 10.9. The number of nitro benzene ring substituents is 1. The molecule has 1 unspecified atom stereocenters. The molecule has 0 fully saturated rings. The van der Waals surface area contributed by atoms with Crippen LogP contribution in [0.15, 0.2) is 29.9 Å². The normalized spacial score (nSPS) is 11.9. The second-order valence-corrected chi connectivity index (χ2v) is 4.83. The SMILES string of the molecule is COc1ccc(NC(C)c2cncs2)cc1[N+](=O)[O-]. The molecule has 0 amide bonds. The molecule has 0 aliphatic heterocycles. The van der Waals surface area contributed by atoms with E-state index in [4.69, 9.17) is 4.74 Å². The highest BCUT2D eigenvalue weighted by atomic mass is 32.1. The fraction of sp³-hybridized carbons (Fsp3) is 0.250. The molecule has 7 heteroatoms. The number of nitro groups is 1. The highest BCUT2D eigenvalue weighted by Gasteiger charge is 2.16. The highest BCUT2D eigenvalue weighted by Crippen LogP contribution is 2.31. The largest absolute Gasteiger partial charge is 0.490 e. The zero-order chi connectivity index (χ0) is 13.8. The van der Waals surface area contributed by atoms with Gasteiger partial charge in [-0.15, -0.1) is 11.3 Å². The first-order valence-electron chi connectivity index (χ1n) is 5.59. The van der Waals surface area contributed by atoms with E-state index in [1.165, 1.54) is 24.5 Å². The van der Waals surface area contributed by atoms with Gasteiger partial charge >= 0.3 is 5.69 Å². The van der Waals surface area contributed by atoms with Crippen molar-refractivity contribution in [3.8, 4) is 5.75 Å². The Morgan fingerprint density at radius 2 is 2.32 bits per heavy atom. The molecule has 6 nitrogen and oxygen atoms in total. The molecule has 0 aliphatic rings. The summed E-state index contributed by atoms with van der Waals surface area (Å²) in [5.41, 5.74) is 2.38. The molecule has 1 aromatic heterocycles. The van der Waals surface area contributed by atoms with Gasteiger partial charge in [0.05, 0.1) is 23.6 Å². The number of rotatable bonds is 5. The van der Waals surface area contributed by atoms with Crippen LogP contribution in [0.5, 0.6) is 5.75 Å². The van der Waals surface area contributed by atoms with E-state index in [0.29, 0.717) is 5.69 Å². The topological polar surface area (TPSA) is 77.3 Å². The number of hydrogen-bond acceptors (Lipinski definition) is 6. The van der Waals surface area contributed by atoms with Gasteiger partial charge in [0.2, 0.25) is 0 Å². The number of methoxy groups -OCH3 is 1. The van der Waals surface area contributed by atoms with Crippen LogP contribution in [0.25, 0.3) is 0 Å². The third-order valence-electron chi connectivity index (χ3n) is 2.64. The van der Waals surface area contributed by atoms with Crippen molar-refractivity contribution in [2.75, 3.05) is 12.4 Å². The van der Waals surface area contributed by atoms with Crippen LogP contribution in [0.2, 0.25) is 0 Å². The molecule has 0 saturated carbocycles. The Bertz CT molecular complexity index is 572. The van der Waals surface area contributed by atoms with E-state index >= 15 is 0 Å². The Balaban J connectivity index is 2.21. The average Bonchev–Trinajstić information content (AvgIpc) is 2.92. The van der Waals surface area contributed by atoms with Gasteiger partial charge in [-0.05, 0) is 19.1 Å². The van der Waals surface area contributed by atoms with Crippen LogP contribution in [-0.2, 0) is 0 Å². The van der Waals surface area contributed by atoms with Gasteiger partial charge in [0.1, 0.15) is 0 Å². The summed E-state index contributed by atoms with van der Waals surface area (Å²) in [6.45, 7) is 1.98. The van der Waals surface area contributed by atoms with Crippen LogP contribution in [0, 0.1) is 10.1 Å². The molecule has 1 aromatic carbocycles. The average molecular weight is 279 g/mol. The lowest BCUT2D eigenvalue weighted by molar-refractivity contribution is -0.385. The van der Waals surface area contributed by atoms with Crippen molar-refractivity contribution in [3.63, 3.8) is 0 Å². The quantitative estimate of drug-likeness (QED) is 0.671. The number of nitrogens with one attached hydrogen (secondary N) is 1. The Kier molecular flexibility index (Phi) is 3.96. The molecule has 1 heterocycles. The molecule has 2 aromatic rings.